The highest BCUT2D eigenvalue weighted by molar-refractivity contribution is 5.78. The van der Waals surface area contributed by atoms with Gasteiger partial charge in [-0.1, -0.05) is 30.3 Å². The fourth-order valence-electron chi connectivity index (χ4n) is 2.39. The number of carbonyl (C=O) groups is 2. The van der Waals surface area contributed by atoms with Crippen molar-refractivity contribution in [2.24, 2.45) is 0 Å². The van der Waals surface area contributed by atoms with Gasteiger partial charge in [0.1, 0.15) is 11.6 Å². The summed E-state index contributed by atoms with van der Waals surface area (Å²) in [5, 5.41) is 11.6. The molecule has 126 valence electrons. The van der Waals surface area contributed by atoms with Crippen LogP contribution in [0.25, 0.3) is 0 Å². The predicted octanol–water partition coefficient (Wildman–Crippen LogP) is 3.23. The first kappa shape index (κ1) is 17.6. The summed E-state index contributed by atoms with van der Waals surface area (Å²) in [6.45, 7) is 0.0225. The van der Waals surface area contributed by atoms with Gasteiger partial charge in [0.25, 0.3) is 0 Å². The molecule has 2 rings (SSSR count). The van der Waals surface area contributed by atoms with Crippen LogP contribution in [0, 0.1) is 11.6 Å². The number of carboxylic acid groups (broad SMARTS) is 1. The van der Waals surface area contributed by atoms with Crippen molar-refractivity contribution < 1.29 is 23.5 Å². The second-order valence-corrected chi connectivity index (χ2v) is 5.42. The van der Waals surface area contributed by atoms with Crippen LogP contribution in [-0.2, 0) is 16.1 Å². The Balaban J connectivity index is 2.00. The first-order chi connectivity index (χ1) is 11.5. The third kappa shape index (κ3) is 5.15. The highest BCUT2D eigenvalue weighted by atomic mass is 19.1. The second kappa shape index (κ2) is 8.19. The van der Waals surface area contributed by atoms with Crippen molar-refractivity contribution in [1.82, 2.24) is 5.32 Å². The molecule has 0 bridgehead atoms. The lowest BCUT2D eigenvalue weighted by molar-refractivity contribution is -0.137. The molecular formula is C18H17F2NO3. The molecule has 0 saturated carbocycles. The van der Waals surface area contributed by atoms with E-state index < -0.39 is 29.4 Å². The molecule has 1 atom stereocenters. The number of nitrogens with one attached hydrogen (secondary N) is 1. The summed E-state index contributed by atoms with van der Waals surface area (Å²) in [5.74, 6) is -2.88. The number of benzene rings is 2. The molecule has 0 saturated heterocycles. The molecule has 6 heteroatoms. The molecule has 0 spiro atoms. The molecule has 0 aliphatic rings. The smallest absolute Gasteiger partial charge is 0.303 e. The van der Waals surface area contributed by atoms with Gasteiger partial charge in [0.15, 0.2) is 0 Å². The van der Waals surface area contributed by atoms with Crippen molar-refractivity contribution in [3.05, 3.63) is 71.3 Å². The molecule has 1 unspecified atom stereocenters. The fourth-order valence-corrected chi connectivity index (χ4v) is 2.39. The molecule has 0 radical (unpaired) electrons. The van der Waals surface area contributed by atoms with Crippen LogP contribution in [0.3, 0.4) is 0 Å². The fraction of sp³-hybridized carbons (Fsp3) is 0.222. The number of hydrogen-bond acceptors (Lipinski definition) is 2. The Morgan fingerprint density at radius 1 is 1.00 bits per heavy atom. The third-order valence-electron chi connectivity index (χ3n) is 3.63. The van der Waals surface area contributed by atoms with Gasteiger partial charge in [-0.2, -0.15) is 0 Å². The summed E-state index contributed by atoms with van der Waals surface area (Å²) in [4.78, 5) is 23.1. The summed E-state index contributed by atoms with van der Waals surface area (Å²) >= 11 is 0. The minimum atomic E-state index is -1.05. The van der Waals surface area contributed by atoms with E-state index in [1.54, 1.807) is 18.2 Å². The zero-order valence-corrected chi connectivity index (χ0v) is 12.8. The topological polar surface area (TPSA) is 66.4 Å². The van der Waals surface area contributed by atoms with E-state index in [2.05, 4.69) is 5.32 Å². The van der Waals surface area contributed by atoms with Gasteiger partial charge >= 0.3 is 5.97 Å². The van der Waals surface area contributed by atoms with Crippen molar-refractivity contribution in [2.45, 2.75) is 25.3 Å². The number of carbonyl (C=O) groups excluding carboxylic acids is 1. The zero-order chi connectivity index (χ0) is 17.5. The van der Waals surface area contributed by atoms with Gasteiger partial charge in [-0.05, 0) is 23.8 Å². The molecule has 0 aliphatic heterocycles. The Hall–Kier alpha value is -2.76. The minimum absolute atomic E-state index is 0.0225. The normalized spacial score (nSPS) is 11.8. The maximum absolute atomic E-state index is 13.5. The van der Waals surface area contributed by atoms with Gasteiger partial charge in [-0.25, -0.2) is 8.78 Å². The van der Waals surface area contributed by atoms with E-state index in [1.165, 1.54) is 30.3 Å². The summed E-state index contributed by atoms with van der Waals surface area (Å²) < 4.78 is 26.5. The lowest BCUT2D eigenvalue weighted by Gasteiger charge is -2.15. The Bertz CT molecular complexity index is 716. The molecule has 2 N–H and O–H groups in total. The molecular weight excluding hydrogens is 316 g/mol. The lowest BCUT2D eigenvalue weighted by atomic mass is 9.92. The van der Waals surface area contributed by atoms with Gasteiger partial charge < -0.3 is 10.4 Å². The molecule has 2 aromatic carbocycles. The van der Waals surface area contributed by atoms with Crippen molar-refractivity contribution in [3.8, 4) is 0 Å². The molecule has 0 aliphatic carbocycles. The second-order valence-electron chi connectivity index (χ2n) is 5.42. The maximum atomic E-state index is 13.5. The Morgan fingerprint density at radius 2 is 1.67 bits per heavy atom. The molecule has 2 aromatic rings. The van der Waals surface area contributed by atoms with Crippen LogP contribution >= 0.6 is 0 Å². The van der Waals surface area contributed by atoms with E-state index in [9.17, 15) is 18.4 Å². The SMILES string of the molecule is O=C(O)CC(CC(=O)NCc1ccccc1F)c1ccc(F)cc1. The molecule has 24 heavy (non-hydrogen) atoms. The van der Waals surface area contributed by atoms with Crippen molar-refractivity contribution in [1.29, 1.82) is 0 Å². The van der Waals surface area contributed by atoms with E-state index in [4.69, 9.17) is 5.11 Å². The van der Waals surface area contributed by atoms with Crippen LogP contribution < -0.4 is 5.32 Å². The van der Waals surface area contributed by atoms with Crippen molar-refractivity contribution >= 4 is 11.9 Å². The first-order valence-corrected chi connectivity index (χ1v) is 7.43. The monoisotopic (exact) mass is 333 g/mol. The van der Waals surface area contributed by atoms with Crippen LogP contribution in [-0.4, -0.2) is 17.0 Å². The van der Waals surface area contributed by atoms with E-state index in [1.807, 2.05) is 0 Å². The number of halogens is 2. The van der Waals surface area contributed by atoms with Crippen molar-refractivity contribution in [2.75, 3.05) is 0 Å². The number of carboxylic acids is 1. The van der Waals surface area contributed by atoms with Gasteiger partial charge in [0.2, 0.25) is 5.91 Å². The van der Waals surface area contributed by atoms with Gasteiger partial charge in [-0.15, -0.1) is 0 Å². The molecule has 0 heterocycles. The average molecular weight is 333 g/mol. The van der Waals surface area contributed by atoms with Gasteiger partial charge in [0.05, 0.1) is 6.42 Å². The largest absolute Gasteiger partial charge is 0.481 e. The highest BCUT2D eigenvalue weighted by Crippen LogP contribution is 2.24. The summed E-state index contributed by atoms with van der Waals surface area (Å²) in [6.07, 6.45) is -0.328. The summed E-state index contributed by atoms with van der Waals surface area (Å²) in [6, 6.07) is 11.5. The van der Waals surface area contributed by atoms with Crippen LogP contribution in [0.1, 0.15) is 29.9 Å². The Kier molecular flexibility index (Phi) is 6.01. The molecule has 0 aromatic heterocycles. The number of rotatable bonds is 7. The summed E-state index contributed by atoms with van der Waals surface area (Å²) in [7, 11) is 0. The van der Waals surface area contributed by atoms with Gasteiger partial charge in [-0.3, -0.25) is 9.59 Å². The van der Waals surface area contributed by atoms with Gasteiger partial charge in [0, 0.05) is 24.4 Å². The zero-order valence-electron chi connectivity index (χ0n) is 12.8. The average Bonchev–Trinajstić information content (AvgIpc) is 2.54. The van der Waals surface area contributed by atoms with E-state index in [0.29, 0.717) is 11.1 Å². The van der Waals surface area contributed by atoms with E-state index >= 15 is 0 Å². The predicted molar refractivity (Wildman–Crippen MR) is 84.3 cm³/mol. The molecule has 1 amide bonds. The van der Waals surface area contributed by atoms with Crippen molar-refractivity contribution in [3.63, 3.8) is 0 Å². The standard InChI is InChI=1S/C18H17F2NO3/c19-15-7-5-12(6-8-15)14(10-18(23)24)9-17(22)21-11-13-3-1-2-4-16(13)20/h1-8,14H,9-11H2,(H,21,22)(H,23,24). The number of aliphatic carboxylic acids is 1. The molecule has 0 fully saturated rings. The van der Waals surface area contributed by atoms with Crippen LogP contribution in [0.5, 0.6) is 0 Å². The maximum Gasteiger partial charge on any atom is 0.303 e. The molecule has 4 nitrogen and oxygen atoms in total. The summed E-state index contributed by atoms with van der Waals surface area (Å²) in [5.41, 5.74) is 0.919. The quantitative estimate of drug-likeness (QED) is 0.817. The van der Waals surface area contributed by atoms with Crippen LogP contribution in [0.2, 0.25) is 0 Å². The number of hydrogen-bond donors (Lipinski definition) is 2. The highest BCUT2D eigenvalue weighted by Gasteiger charge is 2.19. The first-order valence-electron chi connectivity index (χ1n) is 7.43. The third-order valence-corrected chi connectivity index (χ3v) is 3.63. The Morgan fingerprint density at radius 3 is 2.29 bits per heavy atom. The number of amides is 1. The Labute approximate surface area is 138 Å². The van der Waals surface area contributed by atoms with Crippen LogP contribution in [0.4, 0.5) is 8.78 Å². The van der Waals surface area contributed by atoms with E-state index in [-0.39, 0.29) is 19.4 Å². The van der Waals surface area contributed by atoms with E-state index in [0.717, 1.165) is 0 Å². The lowest BCUT2D eigenvalue weighted by Crippen LogP contribution is -2.25. The minimum Gasteiger partial charge on any atom is -0.481 e. The van der Waals surface area contributed by atoms with Crippen LogP contribution in [0.15, 0.2) is 48.5 Å².